The molecule has 0 fully saturated rings. The van der Waals surface area contributed by atoms with Crippen LogP contribution in [0.4, 0.5) is 4.79 Å². The van der Waals surface area contributed by atoms with Crippen LogP contribution in [0, 0.1) is 5.41 Å². The van der Waals surface area contributed by atoms with Gasteiger partial charge in [0.05, 0.1) is 6.61 Å². The van der Waals surface area contributed by atoms with Gasteiger partial charge < -0.3 is 15.2 Å². The molecule has 1 aromatic heterocycles. The van der Waals surface area contributed by atoms with Crippen LogP contribution in [0.15, 0.2) is 48.5 Å². The first-order chi connectivity index (χ1) is 11.9. The molecule has 1 aliphatic rings. The molecule has 1 atom stereocenters. The quantitative estimate of drug-likeness (QED) is 0.695. The van der Waals surface area contributed by atoms with Crippen LogP contribution in [-0.2, 0) is 4.74 Å². The lowest BCUT2D eigenvalue weighted by Crippen LogP contribution is -2.37. The van der Waals surface area contributed by atoms with E-state index in [1.54, 1.807) is 11.3 Å². The highest BCUT2D eigenvalue weighted by molar-refractivity contribution is 7.22. The number of amides is 1. The monoisotopic (exact) mass is 353 g/mol. The summed E-state index contributed by atoms with van der Waals surface area (Å²) in [5.74, 6) is 0.750. The molecule has 0 spiro atoms. The minimum absolute atomic E-state index is 0.332. The summed E-state index contributed by atoms with van der Waals surface area (Å²) in [5, 5.41) is 1.23. The first kappa shape index (κ1) is 16.0. The molecule has 0 bridgehead atoms. The van der Waals surface area contributed by atoms with E-state index in [2.05, 4.69) is 18.2 Å². The molecule has 4 nitrogen and oxygen atoms in total. The van der Waals surface area contributed by atoms with Gasteiger partial charge in [0.2, 0.25) is 0 Å². The van der Waals surface area contributed by atoms with Crippen LogP contribution < -0.4 is 10.5 Å². The van der Waals surface area contributed by atoms with Gasteiger partial charge in [-0.25, -0.2) is 4.79 Å². The van der Waals surface area contributed by atoms with Crippen LogP contribution in [-0.4, -0.2) is 12.7 Å². The Labute approximate surface area is 150 Å². The first-order valence-electron chi connectivity index (χ1n) is 8.16. The van der Waals surface area contributed by atoms with Crippen LogP contribution in [0.2, 0.25) is 0 Å². The second kappa shape index (κ2) is 5.77. The molecule has 2 N–H and O–H groups in total. The molecule has 3 aromatic rings. The van der Waals surface area contributed by atoms with Gasteiger partial charge in [-0.1, -0.05) is 44.2 Å². The largest absolute Gasteiger partial charge is 0.492 e. The summed E-state index contributed by atoms with van der Waals surface area (Å²) in [4.78, 5) is 12.5. The van der Waals surface area contributed by atoms with Crippen molar-refractivity contribution in [3.05, 3.63) is 54.1 Å². The summed E-state index contributed by atoms with van der Waals surface area (Å²) in [6.45, 7) is 4.47. The zero-order chi connectivity index (χ0) is 17.6. The fourth-order valence-electron chi connectivity index (χ4n) is 3.25. The van der Waals surface area contributed by atoms with E-state index in [-0.39, 0.29) is 5.41 Å². The van der Waals surface area contributed by atoms with Crippen LogP contribution >= 0.6 is 11.3 Å². The molecule has 1 aliphatic heterocycles. The predicted octanol–water partition coefficient (Wildman–Crippen LogP) is 5.12. The Morgan fingerprint density at radius 1 is 1.24 bits per heavy atom. The Kier molecular flexibility index (Phi) is 3.69. The Morgan fingerprint density at radius 3 is 2.80 bits per heavy atom. The highest BCUT2D eigenvalue weighted by Gasteiger charge is 2.40. The van der Waals surface area contributed by atoms with Gasteiger partial charge in [-0.05, 0) is 29.1 Å². The summed E-state index contributed by atoms with van der Waals surface area (Å²) in [6.07, 6.45) is -1.18. The fourth-order valence-corrected chi connectivity index (χ4v) is 4.31. The standard InChI is InChI=1S/C20H19NO3S/c1-20(2)11-23-15-9-13(7-8-14(15)18(20)24-19(21)22)17-10-12-5-3-4-6-16(12)25-17/h3-10,18H,11H2,1-2H3,(H2,21,22). The number of carbonyl (C=O) groups excluding carboxylic acids is 1. The molecule has 25 heavy (non-hydrogen) atoms. The molecule has 4 rings (SSSR count). The number of fused-ring (bicyclic) bond motifs is 2. The molecular formula is C20H19NO3S. The highest BCUT2D eigenvalue weighted by Crippen LogP contribution is 2.46. The molecule has 0 saturated carbocycles. The number of primary amides is 1. The van der Waals surface area contributed by atoms with E-state index < -0.39 is 12.2 Å². The molecule has 2 heterocycles. The topological polar surface area (TPSA) is 61.6 Å². The SMILES string of the molecule is CC1(C)COc2cc(-c3cc4ccccc4s3)ccc2C1OC(N)=O. The Bertz CT molecular complexity index is 927. The molecule has 0 aliphatic carbocycles. The van der Waals surface area contributed by atoms with Crippen molar-refractivity contribution in [3.8, 4) is 16.2 Å². The summed E-state index contributed by atoms with van der Waals surface area (Å²) >= 11 is 1.75. The normalized spacial score (nSPS) is 18.4. The van der Waals surface area contributed by atoms with Crippen molar-refractivity contribution in [2.75, 3.05) is 6.61 Å². The van der Waals surface area contributed by atoms with Crippen molar-refractivity contribution in [2.45, 2.75) is 20.0 Å². The van der Waals surface area contributed by atoms with Gasteiger partial charge in [0.1, 0.15) is 11.9 Å². The second-order valence-corrected chi connectivity index (χ2v) is 8.08. The minimum Gasteiger partial charge on any atom is -0.492 e. The van der Waals surface area contributed by atoms with E-state index in [1.807, 2.05) is 44.2 Å². The van der Waals surface area contributed by atoms with Crippen molar-refractivity contribution in [3.63, 3.8) is 0 Å². The van der Waals surface area contributed by atoms with E-state index in [9.17, 15) is 4.79 Å². The van der Waals surface area contributed by atoms with E-state index in [4.69, 9.17) is 15.2 Å². The fraction of sp³-hybridized carbons (Fsp3) is 0.250. The maximum Gasteiger partial charge on any atom is 0.405 e. The van der Waals surface area contributed by atoms with Crippen LogP contribution in [0.5, 0.6) is 5.75 Å². The lowest BCUT2D eigenvalue weighted by Gasteiger charge is -2.38. The van der Waals surface area contributed by atoms with Crippen molar-refractivity contribution in [2.24, 2.45) is 11.1 Å². The Hall–Kier alpha value is -2.53. The molecule has 0 saturated heterocycles. The van der Waals surface area contributed by atoms with Crippen LogP contribution in [0.3, 0.4) is 0 Å². The summed E-state index contributed by atoms with van der Waals surface area (Å²) in [6, 6.07) is 16.6. The Morgan fingerprint density at radius 2 is 2.04 bits per heavy atom. The highest BCUT2D eigenvalue weighted by atomic mass is 32.1. The molecule has 5 heteroatoms. The van der Waals surface area contributed by atoms with Crippen LogP contribution in [0.1, 0.15) is 25.5 Å². The summed E-state index contributed by atoms with van der Waals surface area (Å²) in [5.41, 5.74) is 6.89. The second-order valence-electron chi connectivity index (χ2n) is 7.00. The van der Waals surface area contributed by atoms with Gasteiger partial charge in [0.15, 0.2) is 0 Å². The minimum atomic E-state index is -0.764. The van der Waals surface area contributed by atoms with Crippen molar-refractivity contribution in [1.82, 2.24) is 0 Å². The molecule has 0 radical (unpaired) electrons. The van der Waals surface area contributed by atoms with Gasteiger partial charge in [-0.3, -0.25) is 0 Å². The van der Waals surface area contributed by atoms with Crippen molar-refractivity contribution < 1.29 is 14.3 Å². The van der Waals surface area contributed by atoms with Crippen molar-refractivity contribution >= 4 is 27.5 Å². The molecule has 2 aromatic carbocycles. The third kappa shape index (κ3) is 2.85. The predicted molar refractivity (Wildman–Crippen MR) is 99.9 cm³/mol. The zero-order valence-electron chi connectivity index (χ0n) is 14.1. The van der Waals surface area contributed by atoms with Gasteiger partial charge in [-0.2, -0.15) is 0 Å². The smallest absolute Gasteiger partial charge is 0.405 e. The average Bonchev–Trinajstić information content (AvgIpc) is 3.01. The number of nitrogens with two attached hydrogens (primary N) is 1. The van der Waals surface area contributed by atoms with Gasteiger partial charge in [0.25, 0.3) is 0 Å². The maximum absolute atomic E-state index is 11.3. The van der Waals surface area contributed by atoms with E-state index in [0.717, 1.165) is 16.9 Å². The third-order valence-electron chi connectivity index (χ3n) is 4.55. The Balaban J connectivity index is 1.76. The number of carbonyl (C=O) groups is 1. The number of rotatable bonds is 2. The van der Waals surface area contributed by atoms with Gasteiger partial charge >= 0.3 is 6.09 Å². The number of benzene rings is 2. The summed E-state index contributed by atoms with van der Waals surface area (Å²) < 4.78 is 12.6. The number of hydrogen-bond donors (Lipinski definition) is 1. The van der Waals surface area contributed by atoms with E-state index in [1.165, 1.54) is 15.0 Å². The number of thiophene rings is 1. The molecule has 128 valence electrons. The van der Waals surface area contributed by atoms with Gasteiger partial charge in [0, 0.05) is 20.6 Å². The molecular weight excluding hydrogens is 334 g/mol. The summed E-state index contributed by atoms with van der Waals surface area (Å²) in [7, 11) is 0. The maximum atomic E-state index is 11.3. The molecule has 1 amide bonds. The van der Waals surface area contributed by atoms with E-state index in [0.29, 0.717) is 6.61 Å². The van der Waals surface area contributed by atoms with Crippen LogP contribution in [0.25, 0.3) is 20.5 Å². The zero-order valence-corrected chi connectivity index (χ0v) is 14.9. The average molecular weight is 353 g/mol. The van der Waals surface area contributed by atoms with Gasteiger partial charge in [-0.15, -0.1) is 11.3 Å². The lowest BCUT2D eigenvalue weighted by atomic mass is 9.81. The molecule has 1 unspecified atom stereocenters. The van der Waals surface area contributed by atoms with E-state index >= 15 is 0 Å². The first-order valence-corrected chi connectivity index (χ1v) is 8.97. The number of ether oxygens (including phenoxy) is 2. The number of hydrogen-bond acceptors (Lipinski definition) is 4. The lowest BCUT2D eigenvalue weighted by molar-refractivity contribution is -0.0176. The van der Waals surface area contributed by atoms with Crippen molar-refractivity contribution in [1.29, 1.82) is 0 Å². The third-order valence-corrected chi connectivity index (χ3v) is 5.71.